The Morgan fingerprint density at radius 1 is 1.09 bits per heavy atom. The topological polar surface area (TPSA) is 29.5 Å². The molecule has 1 heterocycles. The van der Waals surface area contributed by atoms with Crippen LogP contribution in [0.1, 0.15) is 34.7 Å². The molecule has 1 amide bonds. The number of ether oxygens (including phenoxy) is 1. The van der Waals surface area contributed by atoms with E-state index in [-0.39, 0.29) is 12.3 Å². The number of halogens is 5. The van der Waals surface area contributed by atoms with Gasteiger partial charge in [0.2, 0.25) is 0 Å². The number of hydrogen-bond acceptors (Lipinski definition) is 2. The number of nitrogens with zero attached hydrogens (tertiary/aromatic N) is 1. The summed E-state index contributed by atoms with van der Waals surface area (Å²) in [5.41, 5.74) is 0.830. The van der Waals surface area contributed by atoms with E-state index in [1.807, 2.05) is 6.07 Å². The molecular formula is C24H18BrClF3NO2. The maximum Gasteiger partial charge on any atom is 0.418 e. The van der Waals surface area contributed by atoms with Crippen molar-refractivity contribution < 1.29 is 22.7 Å². The van der Waals surface area contributed by atoms with E-state index in [1.165, 1.54) is 0 Å². The predicted molar refractivity (Wildman–Crippen MR) is 121 cm³/mol. The van der Waals surface area contributed by atoms with Crippen LogP contribution in [-0.4, -0.2) is 6.09 Å². The molecule has 1 unspecified atom stereocenters. The Morgan fingerprint density at radius 2 is 1.78 bits per heavy atom. The number of carbonyl (C=O) groups is 1. The van der Waals surface area contributed by atoms with Crippen molar-refractivity contribution in [3.05, 3.63) is 98.5 Å². The van der Waals surface area contributed by atoms with Gasteiger partial charge < -0.3 is 4.74 Å². The molecule has 3 aromatic rings. The smallest absolute Gasteiger partial charge is 0.418 e. The molecule has 1 aliphatic rings. The number of carbonyl (C=O) groups excluding carboxylic acids is 1. The summed E-state index contributed by atoms with van der Waals surface area (Å²) in [5.74, 6) is 0. The normalized spacial score (nSPS) is 15.9. The van der Waals surface area contributed by atoms with Crippen LogP contribution >= 0.6 is 27.5 Å². The average Bonchev–Trinajstić information content (AvgIpc) is 2.77. The largest absolute Gasteiger partial charge is 0.444 e. The maximum absolute atomic E-state index is 14.0. The first-order chi connectivity index (χ1) is 15.2. The number of rotatable bonds is 3. The zero-order valence-electron chi connectivity index (χ0n) is 16.7. The summed E-state index contributed by atoms with van der Waals surface area (Å²) in [7, 11) is 0. The standard InChI is InChI=1S/C24H18BrClF3NO2/c25-18-12-17-8-11-21(16-6-9-19(26)10-7-16)30(22(17)20(13-18)24(27,28)29)23(31)32-14-15-4-2-1-3-5-15/h1-7,9-10,12-13,21H,8,11,14H2. The lowest BCUT2D eigenvalue weighted by molar-refractivity contribution is -0.137. The zero-order chi connectivity index (χ0) is 22.9. The molecule has 0 saturated heterocycles. The van der Waals surface area contributed by atoms with Crippen molar-refractivity contribution in [2.75, 3.05) is 4.90 Å². The highest BCUT2D eigenvalue weighted by molar-refractivity contribution is 9.10. The summed E-state index contributed by atoms with van der Waals surface area (Å²) in [6, 6.07) is 17.8. The van der Waals surface area contributed by atoms with Crippen molar-refractivity contribution in [1.29, 1.82) is 0 Å². The van der Waals surface area contributed by atoms with Gasteiger partial charge in [0.15, 0.2) is 0 Å². The second-order valence-corrected chi connectivity index (χ2v) is 8.83. The third-order valence-corrected chi connectivity index (χ3v) is 6.07. The fraction of sp³-hybridized carbons (Fsp3) is 0.208. The highest BCUT2D eigenvalue weighted by atomic mass is 79.9. The van der Waals surface area contributed by atoms with Gasteiger partial charge in [0, 0.05) is 9.50 Å². The van der Waals surface area contributed by atoms with Gasteiger partial charge in [-0.2, -0.15) is 13.2 Å². The van der Waals surface area contributed by atoms with Gasteiger partial charge in [0.1, 0.15) is 6.61 Å². The van der Waals surface area contributed by atoms with Crippen molar-refractivity contribution in [1.82, 2.24) is 0 Å². The van der Waals surface area contributed by atoms with Crippen LogP contribution in [-0.2, 0) is 23.9 Å². The molecule has 166 valence electrons. The molecule has 0 N–H and O–H groups in total. The number of alkyl halides is 3. The number of benzene rings is 3. The molecule has 1 aliphatic heterocycles. The van der Waals surface area contributed by atoms with E-state index in [2.05, 4.69) is 15.9 Å². The quantitative estimate of drug-likeness (QED) is 0.348. The van der Waals surface area contributed by atoms with Crippen LogP contribution in [0.25, 0.3) is 0 Å². The van der Waals surface area contributed by atoms with Crippen LogP contribution in [0.15, 0.2) is 71.2 Å². The van der Waals surface area contributed by atoms with Crippen LogP contribution in [0, 0.1) is 0 Å². The summed E-state index contributed by atoms with van der Waals surface area (Å²) >= 11 is 9.16. The van der Waals surface area contributed by atoms with Gasteiger partial charge >= 0.3 is 12.3 Å². The fourth-order valence-corrected chi connectivity index (χ4v) is 4.56. The second-order valence-electron chi connectivity index (χ2n) is 7.48. The van der Waals surface area contributed by atoms with Crippen molar-refractivity contribution in [2.45, 2.75) is 31.7 Å². The lowest BCUT2D eigenvalue weighted by Crippen LogP contribution is -2.40. The van der Waals surface area contributed by atoms with E-state index in [0.29, 0.717) is 33.5 Å². The summed E-state index contributed by atoms with van der Waals surface area (Å²) in [6.07, 6.45) is -4.65. The van der Waals surface area contributed by atoms with Gasteiger partial charge in [0.05, 0.1) is 17.3 Å². The van der Waals surface area contributed by atoms with Crippen molar-refractivity contribution in [3.63, 3.8) is 0 Å². The molecule has 1 atom stereocenters. The van der Waals surface area contributed by atoms with E-state index in [4.69, 9.17) is 16.3 Å². The van der Waals surface area contributed by atoms with Crippen LogP contribution in [0.2, 0.25) is 5.02 Å². The average molecular weight is 525 g/mol. The first-order valence-corrected chi connectivity index (χ1v) is 11.1. The number of fused-ring (bicyclic) bond motifs is 1. The van der Waals surface area contributed by atoms with Gasteiger partial charge in [-0.25, -0.2) is 4.79 Å². The Bertz CT molecular complexity index is 1120. The first-order valence-electron chi connectivity index (χ1n) is 9.89. The molecule has 0 spiro atoms. The molecule has 3 nitrogen and oxygen atoms in total. The molecular weight excluding hydrogens is 507 g/mol. The highest BCUT2D eigenvalue weighted by Gasteiger charge is 2.42. The highest BCUT2D eigenvalue weighted by Crippen LogP contribution is 2.47. The Balaban J connectivity index is 1.78. The third kappa shape index (κ3) is 4.79. The summed E-state index contributed by atoms with van der Waals surface area (Å²) in [6.45, 7) is -0.0449. The molecule has 0 aliphatic carbocycles. The molecule has 0 aromatic heterocycles. The zero-order valence-corrected chi connectivity index (χ0v) is 19.0. The minimum absolute atomic E-state index is 0.0449. The monoisotopic (exact) mass is 523 g/mol. The number of anilines is 1. The number of aryl methyl sites for hydroxylation is 1. The van der Waals surface area contributed by atoms with E-state index in [9.17, 15) is 18.0 Å². The Hall–Kier alpha value is -2.51. The molecule has 32 heavy (non-hydrogen) atoms. The Morgan fingerprint density at radius 3 is 2.44 bits per heavy atom. The number of amides is 1. The Labute approximate surface area is 196 Å². The minimum atomic E-state index is -4.65. The van der Waals surface area contributed by atoms with E-state index in [1.54, 1.807) is 54.6 Å². The summed E-state index contributed by atoms with van der Waals surface area (Å²) < 4.78 is 47.8. The van der Waals surface area contributed by atoms with Gasteiger partial charge in [-0.3, -0.25) is 4.90 Å². The molecule has 4 rings (SSSR count). The molecule has 8 heteroatoms. The van der Waals surface area contributed by atoms with Gasteiger partial charge in [0.25, 0.3) is 0 Å². The van der Waals surface area contributed by atoms with Crippen LogP contribution in [0.4, 0.5) is 23.7 Å². The van der Waals surface area contributed by atoms with Gasteiger partial charge in [-0.1, -0.05) is 70.0 Å². The minimum Gasteiger partial charge on any atom is -0.444 e. The molecule has 0 radical (unpaired) electrons. The second kappa shape index (κ2) is 9.16. The predicted octanol–water partition coefficient (Wildman–Crippen LogP) is 7.95. The summed E-state index contributed by atoms with van der Waals surface area (Å²) in [5, 5.41) is 0.503. The first kappa shape index (κ1) is 22.7. The molecule has 0 fully saturated rings. The molecule has 0 bridgehead atoms. The van der Waals surface area contributed by atoms with Gasteiger partial charge in [-0.05, 0) is 53.8 Å². The Kier molecular flexibility index (Phi) is 6.49. The summed E-state index contributed by atoms with van der Waals surface area (Å²) in [4.78, 5) is 14.4. The van der Waals surface area contributed by atoms with E-state index < -0.39 is 23.9 Å². The fourth-order valence-electron chi connectivity index (χ4n) is 3.93. The molecule has 0 saturated carbocycles. The van der Waals surface area contributed by atoms with Crippen molar-refractivity contribution >= 4 is 39.3 Å². The van der Waals surface area contributed by atoms with E-state index in [0.717, 1.165) is 16.5 Å². The van der Waals surface area contributed by atoms with Crippen molar-refractivity contribution in [3.8, 4) is 0 Å². The molecule has 3 aromatic carbocycles. The lowest BCUT2D eigenvalue weighted by atomic mass is 9.89. The van der Waals surface area contributed by atoms with Gasteiger partial charge in [-0.15, -0.1) is 0 Å². The van der Waals surface area contributed by atoms with Crippen LogP contribution < -0.4 is 4.90 Å². The number of hydrogen-bond donors (Lipinski definition) is 0. The van der Waals surface area contributed by atoms with E-state index >= 15 is 0 Å². The SMILES string of the molecule is O=C(OCc1ccccc1)N1c2c(cc(Br)cc2C(F)(F)F)CCC1c1ccc(Cl)cc1. The third-order valence-electron chi connectivity index (χ3n) is 5.36. The maximum atomic E-state index is 14.0. The van der Waals surface area contributed by atoms with Crippen LogP contribution in [0.5, 0.6) is 0 Å². The lowest BCUT2D eigenvalue weighted by Gasteiger charge is -2.38. The van der Waals surface area contributed by atoms with Crippen molar-refractivity contribution in [2.24, 2.45) is 0 Å². The van der Waals surface area contributed by atoms with Crippen LogP contribution in [0.3, 0.4) is 0 Å².